The van der Waals surface area contributed by atoms with Crippen molar-refractivity contribution in [2.75, 3.05) is 6.54 Å². The number of hydrogen-bond acceptors (Lipinski definition) is 2. The molecule has 0 aliphatic rings. The molecule has 0 fully saturated rings. The number of hydrogen-bond donors (Lipinski definition) is 2. The molecule has 1 atom stereocenters. The number of nitrogens with one attached hydrogen (secondary N) is 1. The lowest BCUT2D eigenvalue weighted by molar-refractivity contribution is -0.161. The molecule has 19 heavy (non-hydrogen) atoms. The van der Waals surface area contributed by atoms with Crippen molar-refractivity contribution < 1.29 is 18.0 Å². The van der Waals surface area contributed by atoms with Gasteiger partial charge in [-0.15, -0.1) is 0 Å². The fourth-order valence-electron chi connectivity index (χ4n) is 1.63. The topological polar surface area (TPSA) is 55.1 Å². The zero-order valence-electron chi connectivity index (χ0n) is 10.4. The minimum absolute atomic E-state index is 0.0118. The van der Waals surface area contributed by atoms with Crippen LogP contribution in [0, 0.1) is 0 Å². The molecule has 0 saturated carbocycles. The summed E-state index contributed by atoms with van der Waals surface area (Å²) < 4.78 is 38.5. The molecule has 0 aromatic heterocycles. The Kier molecular flexibility index (Phi) is 5.82. The average molecular weight is 274 g/mol. The monoisotopic (exact) mass is 274 g/mol. The van der Waals surface area contributed by atoms with Crippen LogP contribution in [0.4, 0.5) is 13.2 Å². The summed E-state index contributed by atoms with van der Waals surface area (Å²) in [5.74, 6) is -0.622. The Morgan fingerprint density at radius 1 is 1.26 bits per heavy atom. The molecule has 0 radical (unpaired) electrons. The third kappa shape index (κ3) is 5.74. The van der Waals surface area contributed by atoms with E-state index in [4.69, 9.17) is 5.73 Å². The van der Waals surface area contributed by atoms with Gasteiger partial charge in [0.25, 0.3) is 0 Å². The van der Waals surface area contributed by atoms with Crippen molar-refractivity contribution in [1.29, 1.82) is 0 Å². The molecule has 106 valence electrons. The fraction of sp³-hybridized carbons (Fsp3) is 0.462. The normalized spacial score (nSPS) is 13.1. The van der Waals surface area contributed by atoms with Crippen molar-refractivity contribution in [3.63, 3.8) is 0 Å². The second-order valence-electron chi connectivity index (χ2n) is 4.24. The Labute approximate surface area is 110 Å². The minimum Gasteiger partial charge on any atom is -0.344 e. The Bertz CT molecular complexity index is 393. The van der Waals surface area contributed by atoms with E-state index in [0.717, 1.165) is 0 Å². The largest absolute Gasteiger partial charge is 0.408 e. The average Bonchev–Trinajstić information content (AvgIpc) is 2.36. The van der Waals surface area contributed by atoms with Gasteiger partial charge in [-0.25, -0.2) is 0 Å². The Morgan fingerprint density at radius 2 is 1.89 bits per heavy atom. The van der Waals surface area contributed by atoms with E-state index in [1.54, 1.807) is 30.3 Å². The van der Waals surface area contributed by atoms with Crippen LogP contribution in [0.5, 0.6) is 0 Å². The highest BCUT2D eigenvalue weighted by molar-refractivity contribution is 5.76. The molecule has 0 spiro atoms. The minimum atomic E-state index is -4.46. The van der Waals surface area contributed by atoms with Gasteiger partial charge in [-0.2, -0.15) is 13.2 Å². The lowest BCUT2D eigenvalue weighted by atomic mass is 10.1. The van der Waals surface area contributed by atoms with E-state index in [2.05, 4.69) is 0 Å². The van der Waals surface area contributed by atoms with Gasteiger partial charge in [-0.3, -0.25) is 4.79 Å². The third-order valence-corrected chi connectivity index (χ3v) is 2.62. The molecule has 0 saturated heterocycles. The molecule has 1 unspecified atom stereocenters. The quantitative estimate of drug-likeness (QED) is 0.833. The summed E-state index contributed by atoms with van der Waals surface area (Å²) in [4.78, 5) is 11.4. The van der Waals surface area contributed by atoms with Gasteiger partial charge in [-0.1, -0.05) is 30.3 Å². The van der Waals surface area contributed by atoms with E-state index >= 15 is 0 Å². The van der Waals surface area contributed by atoms with E-state index in [-0.39, 0.29) is 19.4 Å². The highest BCUT2D eigenvalue weighted by atomic mass is 19.4. The summed E-state index contributed by atoms with van der Waals surface area (Å²) >= 11 is 0. The molecule has 1 aromatic carbocycles. The van der Waals surface area contributed by atoms with Crippen LogP contribution in [-0.2, 0) is 11.2 Å². The number of carbonyl (C=O) groups is 1. The molecule has 6 heteroatoms. The number of halogens is 3. The number of benzene rings is 1. The first-order valence-corrected chi connectivity index (χ1v) is 6.03. The molecule has 0 aliphatic carbocycles. The van der Waals surface area contributed by atoms with E-state index in [1.165, 1.54) is 0 Å². The van der Waals surface area contributed by atoms with Crippen LogP contribution < -0.4 is 11.1 Å². The first kappa shape index (κ1) is 15.5. The molecule has 3 N–H and O–H groups in total. The van der Waals surface area contributed by atoms with Crippen LogP contribution in [0.25, 0.3) is 0 Å². The maximum absolute atomic E-state index is 12.8. The van der Waals surface area contributed by atoms with Gasteiger partial charge in [0.2, 0.25) is 5.91 Å². The maximum atomic E-state index is 12.8. The molecule has 0 bridgehead atoms. The van der Waals surface area contributed by atoms with Crippen LogP contribution in [0.2, 0.25) is 0 Å². The second-order valence-corrected chi connectivity index (χ2v) is 4.24. The van der Waals surface area contributed by atoms with E-state index in [1.807, 2.05) is 5.32 Å². The highest BCUT2D eigenvalue weighted by Gasteiger charge is 2.40. The van der Waals surface area contributed by atoms with Crippen LogP contribution in [0.1, 0.15) is 18.4 Å². The van der Waals surface area contributed by atoms with Gasteiger partial charge in [0.1, 0.15) is 6.04 Å². The summed E-state index contributed by atoms with van der Waals surface area (Å²) in [6.45, 7) is 0.281. The van der Waals surface area contributed by atoms with Crippen molar-refractivity contribution in [3.8, 4) is 0 Å². The SMILES string of the molecule is NCCCC(=O)NC(Cc1ccccc1)C(F)(F)F. The Hall–Kier alpha value is -1.56. The zero-order valence-corrected chi connectivity index (χ0v) is 10.4. The summed E-state index contributed by atoms with van der Waals surface area (Å²) in [6, 6.07) is 6.40. The number of carbonyl (C=O) groups excluding carboxylic acids is 1. The fourth-order valence-corrected chi connectivity index (χ4v) is 1.63. The molecular formula is C13H17F3N2O. The van der Waals surface area contributed by atoms with Crippen molar-refractivity contribution in [2.24, 2.45) is 5.73 Å². The molecule has 1 rings (SSSR count). The molecule has 3 nitrogen and oxygen atoms in total. The highest BCUT2D eigenvalue weighted by Crippen LogP contribution is 2.23. The lowest BCUT2D eigenvalue weighted by Crippen LogP contribution is -2.46. The summed E-state index contributed by atoms with van der Waals surface area (Å²) in [7, 11) is 0. The first-order chi connectivity index (χ1) is 8.93. The van der Waals surface area contributed by atoms with Gasteiger partial charge < -0.3 is 11.1 Å². The van der Waals surface area contributed by atoms with Crippen molar-refractivity contribution in [1.82, 2.24) is 5.32 Å². The lowest BCUT2D eigenvalue weighted by Gasteiger charge is -2.21. The predicted molar refractivity (Wildman–Crippen MR) is 66.4 cm³/mol. The molecule has 0 aliphatic heterocycles. The Morgan fingerprint density at radius 3 is 2.42 bits per heavy atom. The zero-order chi connectivity index (χ0) is 14.3. The molecule has 1 aromatic rings. The standard InChI is InChI=1S/C13H17F3N2O/c14-13(15,16)11(18-12(19)7-4-8-17)9-10-5-2-1-3-6-10/h1-3,5-6,11H,4,7-9,17H2,(H,18,19). The second kappa shape index (κ2) is 7.13. The van der Waals surface area contributed by atoms with Gasteiger partial charge in [-0.05, 0) is 18.5 Å². The van der Waals surface area contributed by atoms with Gasteiger partial charge >= 0.3 is 6.18 Å². The van der Waals surface area contributed by atoms with Gasteiger partial charge in [0, 0.05) is 12.8 Å². The van der Waals surface area contributed by atoms with Crippen LogP contribution in [0.3, 0.4) is 0 Å². The molecular weight excluding hydrogens is 257 g/mol. The molecule has 0 heterocycles. The van der Waals surface area contributed by atoms with Crippen LogP contribution >= 0.6 is 0 Å². The van der Waals surface area contributed by atoms with Crippen molar-refractivity contribution >= 4 is 5.91 Å². The summed E-state index contributed by atoms with van der Waals surface area (Å²) in [5, 5.41) is 2.02. The van der Waals surface area contributed by atoms with Gasteiger partial charge in [0.05, 0.1) is 0 Å². The summed E-state index contributed by atoms with van der Waals surface area (Å²) in [6.07, 6.45) is -4.34. The smallest absolute Gasteiger partial charge is 0.344 e. The molecule has 1 amide bonds. The van der Waals surface area contributed by atoms with Gasteiger partial charge in [0.15, 0.2) is 0 Å². The van der Waals surface area contributed by atoms with E-state index in [0.29, 0.717) is 12.0 Å². The predicted octanol–water partition coefficient (Wildman–Crippen LogP) is 2.02. The Balaban J connectivity index is 2.65. The van der Waals surface area contributed by atoms with E-state index in [9.17, 15) is 18.0 Å². The van der Waals surface area contributed by atoms with Crippen LogP contribution in [0.15, 0.2) is 30.3 Å². The number of alkyl halides is 3. The van der Waals surface area contributed by atoms with E-state index < -0.39 is 18.1 Å². The number of amides is 1. The van der Waals surface area contributed by atoms with Crippen molar-refractivity contribution in [3.05, 3.63) is 35.9 Å². The first-order valence-electron chi connectivity index (χ1n) is 6.03. The van der Waals surface area contributed by atoms with Crippen LogP contribution in [-0.4, -0.2) is 24.7 Å². The number of nitrogens with two attached hydrogens (primary N) is 1. The maximum Gasteiger partial charge on any atom is 0.408 e. The number of rotatable bonds is 6. The third-order valence-electron chi connectivity index (χ3n) is 2.62. The summed E-state index contributed by atoms with van der Waals surface area (Å²) in [5.41, 5.74) is 5.75. The van der Waals surface area contributed by atoms with Crippen molar-refractivity contribution in [2.45, 2.75) is 31.5 Å².